The lowest BCUT2D eigenvalue weighted by Crippen LogP contribution is -2.39. The maximum absolute atomic E-state index is 12.8. The molecule has 1 fully saturated rings. The van der Waals surface area contributed by atoms with Crippen LogP contribution in [0.15, 0.2) is 18.2 Å². The molecule has 1 heterocycles. The molecule has 0 bridgehead atoms. The van der Waals surface area contributed by atoms with E-state index < -0.39 is 23.8 Å². The Labute approximate surface area is 148 Å². The van der Waals surface area contributed by atoms with Crippen LogP contribution in [0.3, 0.4) is 0 Å². The van der Waals surface area contributed by atoms with E-state index in [1.54, 1.807) is 4.90 Å². The second kappa shape index (κ2) is 8.49. The Bertz CT molecular complexity index is 525. The first kappa shape index (κ1) is 23.1. The van der Waals surface area contributed by atoms with Gasteiger partial charge in [0.1, 0.15) is 0 Å². The highest BCUT2D eigenvalue weighted by Crippen LogP contribution is 2.38. The fraction of sp³-hybridized carbons (Fsp3) is 0.571. The first-order chi connectivity index (χ1) is 10.1. The zero-order valence-corrected chi connectivity index (χ0v) is 14.1. The number of nitrogens with zero attached hydrogens (tertiary/aromatic N) is 1. The van der Waals surface area contributed by atoms with Crippen molar-refractivity contribution in [2.75, 3.05) is 18.0 Å². The molecular weight excluding hydrogens is 381 g/mol. The molecule has 24 heavy (non-hydrogen) atoms. The molecule has 0 unspecified atom stereocenters. The topological polar surface area (TPSA) is 29.3 Å². The quantitative estimate of drug-likeness (QED) is 0.725. The van der Waals surface area contributed by atoms with Crippen LogP contribution in [0.2, 0.25) is 0 Å². The van der Waals surface area contributed by atoms with Crippen LogP contribution in [0.4, 0.5) is 32.0 Å². The molecule has 1 aliphatic heterocycles. The summed E-state index contributed by atoms with van der Waals surface area (Å²) in [5.41, 5.74) is 5.48. The van der Waals surface area contributed by atoms with Crippen molar-refractivity contribution in [3.8, 4) is 0 Å². The number of benzene rings is 1. The van der Waals surface area contributed by atoms with E-state index in [2.05, 4.69) is 0 Å². The third kappa shape index (κ3) is 5.32. The van der Waals surface area contributed by atoms with Crippen molar-refractivity contribution in [1.82, 2.24) is 0 Å². The van der Waals surface area contributed by atoms with Crippen LogP contribution < -0.4 is 10.6 Å². The minimum Gasteiger partial charge on any atom is -0.371 e. The molecule has 0 amide bonds. The fourth-order valence-corrected chi connectivity index (χ4v) is 2.65. The average molecular weight is 399 g/mol. The van der Waals surface area contributed by atoms with Crippen molar-refractivity contribution in [3.63, 3.8) is 0 Å². The zero-order valence-electron chi connectivity index (χ0n) is 12.5. The standard InChI is InChI=1S/C14H16F6N2.2ClH/c15-13(16,17)10-3-5-22(6-4-10)12-7-11(14(18,19)20)2-1-9(12)8-21;;/h1-2,7,10H,3-6,8,21H2;2*1H. The van der Waals surface area contributed by atoms with E-state index in [1.165, 1.54) is 6.07 Å². The maximum Gasteiger partial charge on any atom is 0.416 e. The minimum atomic E-state index is -4.49. The Morgan fingerprint density at radius 1 is 1.00 bits per heavy atom. The predicted molar refractivity (Wildman–Crippen MR) is 84.8 cm³/mol. The maximum atomic E-state index is 12.8. The smallest absolute Gasteiger partial charge is 0.371 e. The summed E-state index contributed by atoms with van der Waals surface area (Å²) in [6.45, 7) is 0.170. The van der Waals surface area contributed by atoms with Gasteiger partial charge in [0.25, 0.3) is 0 Å². The van der Waals surface area contributed by atoms with Gasteiger partial charge in [-0.15, -0.1) is 24.8 Å². The predicted octanol–water partition coefficient (Wildman–Crippen LogP) is 4.79. The Morgan fingerprint density at radius 2 is 1.54 bits per heavy atom. The molecular formula is C14H18Cl2F6N2. The van der Waals surface area contributed by atoms with Gasteiger partial charge >= 0.3 is 12.4 Å². The fourth-order valence-electron chi connectivity index (χ4n) is 2.65. The minimum absolute atomic E-state index is 0. The number of halogens is 8. The lowest BCUT2D eigenvalue weighted by Gasteiger charge is -2.35. The van der Waals surface area contributed by atoms with E-state index in [1.807, 2.05) is 0 Å². The van der Waals surface area contributed by atoms with Crippen molar-refractivity contribution in [2.45, 2.75) is 31.7 Å². The van der Waals surface area contributed by atoms with Gasteiger partial charge in [0.15, 0.2) is 0 Å². The van der Waals surface area contributed by atoms with Crippen LogP contribution >= 0.6 is 24.8 Å². The van der Waals surface area contributed by atoms with Crippen molar-refractivity contribution in [3.05, 3.63) is 29.3 Å². The van der Waals surface area contributed by atoms with Crippen LogP contribution in [0, 0.1) is 5.92 Å². The summed E-state index contributed by atoms with van der Waals surface area (Å²) >= 11 is 0. The highest BCUT2D eigenvalue weighted by molar-refractivity contribution is 5.85. The van der Waals surface area contributed by atoms with Gasteiger partial charge < -0.3 is 10.6 Å². The molecule has 1 aromatic rings. The van der Waals surface area contributed by atoms with Gasteiger partial charge in [0, 0.05) is 25.3 Å². The van der Waals surface area contributed by atoms with Gasteiger partial charge in [-0.3, -0.25) is 0 Å². The van der Waals surface area contributed by atoms with Crippen LogP contribution in [-0.4, -0.2) is 19.3 Å². The lowest BCUT2D eigenvalue weighted by molar-refractivity contribution is -0.179. The molecule has 2 rings (SSSR count). The van der Waals surface area contributed by atoms with Crippen LogP contribution in [0.25, 0.3) is 0 Å². The van der Waals surface area contributed by atoms with Gasteiger partial charge in [-0.1, -0.05) is 6.07 Å². The van der Waals surface area contributed by atoms with Gasteiger partial charge in [-0.05, 0) is 30.5 Å². The van der Waals surface area contributed by atoms with E-state index in [-0.39, 0.29) is 63.0 Å². The van der Waals surface area contributed by atoms with E-state index in [0.717, 1.165) is 12.1 Å². The molecule has 0 atom stereocenters. The van der Waals surface area contributed by atoms with Crippen LogP contribution in [0.5, 0.6) is 0 Å². The third-order valence-corrected chi connectivity index (χ3v) is 3.93. The van der Waals surface area contributed by atoms with E-state index in [9.17, 15) is 26.3 Å². The Balaban J connectivity index is 0.00000264. The highest BCUT2D eigenvalue weighted by atomic mass is 35.5. The van der Waals surface area contributed by atoms with Gasteiger partial charge in [0.05, 0.1) is 11.5 Å². The molecule has 140 valence electrons. The second-order valence-corrected chi connectivity index (χ2v) is 5.35. The SMILES string of the molecule is Cl.Cl.NCc1ccc(C(F)(F)F)cc1N1CCC(C(F)(F)F)CC1. The summed E-state index contributed by atoms with van der Waals surface area (Å²) in [5.74, 6) is -1.39. The number of nitrogens with two attached hydrogens (primary N) is 1. The summed E-state index contributed by atoms with van der Waals surface area (Å²) in [7, 11) is 0. The summed E-state index contributed by atoms with van der Waals surface area (Å²) in [6, 6.07) is 3.19. The van der Waals surface area contributed by atoms with Crippen molar-refractivity contribution >= 4 is 30.5 Å². The van der Waals surface area contributed by atoms with E-state index in [4.69, 9.17) is 5.73 Å². The molecule has 0 radical (unpaired) electrons. The molecule has 2 nitrogen and oxygen atoms in total. The summed E-state index contributed by atoms with van der Waals surface area (Å²) < 4.78 is 76.3. The molecule has 10 heteroatoms. The number of rotatable bonds is 2. The van der Waals surface area contributed by atoms with E-state index in [0.29, 0.717) is 5.56 Å². The Morgan fingerprint density at radius 3 is 1.96 bits per heavy atom. The van der Waals surface area contributed by atoms with Gasteiger partial charge in [-0.2, -0.15) is 26.3 Å². The molecule has 0 aliphatic carbocycles. The largest absolute Gasteiger partial charge is 0.416 e. The Hall–Kier alpha value is -0.860. The normalized spacial score (nSPS) is 16.4. The molecule has 1 aliphatic rings. The van der Waals surface area contributed by atoms with Crippen molar-refractivity contribution in [2.24, 2.45) is 11.7 Å². The number of hydrogen-bond donors (Lipinski definition) is 1. The molecule has 0 saturated carbocycles. The highest BCUT2D eigenvalue weighted by Gasteiger charge is 2.41. The monoisotopic (exact) mass is 398 g/mol. The second-order valence-electron chi connectivity index (χ2n) is 5.35. The zero-order chi connectivity index (χ0) is 16.5. The van der Waals surface area contributed by atoms with E-state index >= 15 is 0 Å². The third-order valence-electron chi connectivity index (χ3n) is 3.93. The molecule has 0 aromatic heterocycles. The number of piperidine rings is 1. The molecule has 1 saturated heterocycles. The number of anilines is 1. The van der Waals surface area contributed by atoms with Crippen LogP contribution in [0.1, 0.15) is 24.0 Å². The van der Waals surface area contributed by atoms with Gasteiger partial charge in [0.2, 0.25) is 0 Å². The summed E-state index contributed by atoms with van der Waals surface area (Å²) in [6.07, 6.45) is -8.99. The average Bonchev–Trinajstić information content (AvgIpc) is 2.45. The molecule has 1 aromatic carbocycles. The first-order valence-corrected chi connectivity index (χ1v) is 6.84. The van der Waals surface area contributed by atoms with Gasteiger partial charge in [-0.25, -0.2) is 0 Å². The van der Waals surface area contributed by atoms with Crippen LogP contribution in [-0.2, 0) is 12.7 Å². The summed E-state index contributed by atoms with van der Waals surface area (Å²) in [5, 5.41) is 0. The lowest BCUT2D eigenvalue weighted by atomic mass is 9.95. The summed E-state index contributed by atoms with van der Waals surface area (Å²) in [4.78, 5) is 1.56. The number of hydrogen-bond acceptors (Lipinski definition) is 2. The first-order valence-electron chi connectivity index (χ1n) is 6.84. The molecule has 2 N–H and O–H groups in total. The number of alkyl halides is 6. The van der Waals surface area contributed by atoms with Crippen molar-refractivity contribution in [1.29, 1.82) is 0 Å². The molecule has 0 spiro atoms. The van der Waals surface area contributed by atoms with Crippen molar-refractivity contribution < 1.29 is 26.3 Å². The Kier molecular flexibility index (Phi) is 8.18.